The zero-order valence-corrected chi connectivity index (χ0v) is 11.5. The number of carbonyl (C=O) groups is 1. The summed E-state index contributed by atoms with van der Waals surface area (Å²) in [7, 11) is 0. The normalized spacial score (nSPS) is 11.6. The number of unbranched alkanes of at least 4 members (excludes halogenated alkanes) is 1. The van der Waals surface area contributed by atoms with Crippen molar-refractivity contribution in [3.8, 4) is 6.07 Å². The van der Waals surface area contributed by atoms with Gasteiger partial charge in [-0.3, -0.25) is 4.79 Å². The quantitative estimate of drug-likeness (QED) is 0.818. The third-order valence-corrected chi connectivity index (χ3v) is 3.04. The maximum atomic E-state index is 11.0. The topological polar surface area (TPSA) is 64.3 Å². The Labute approximate surface area is 114 Å². The van der Waals surface area contributed by atoms with Crippen molar-refractivity contribution < 1.29 is 9.90 Å². The van der Waals surface area contributed by atoms with Crippen LogP contribution in [0, 0.1) is 17.2 Å². The van der Waals surface area contributed by atoms with E-state index in [0.717, 1.165) is 25.1 Å². The standard InChI is InChI=1S/C15H20N2O2/c1-3-4-8-17(11-12(2)15(18)19)14-7-5-6-13(9-14)10-16/h5-7,9,12H,3-4,8,11H2,1-2H3,(H,18,19). The Morgan fingerprint density at radius 2 is 2.26 bits per heavy atom. The van der Waals surface area contributed by atoms with E-state index in [1.807, 2.05) is 23.1 Å². The van der Waals surface area contributed by atoms with Gasteiger partial charge in [-0.1, -0.05) is 26.3 Å². The first-order chi connectivity index (χ1) is 9.08. The lowest BCUT2D eigenvalue weighted by Gasteiger charge is -2.26. The number of carboxylic acids is 1. The van der Waals surface area contributed by atoms with Gasteiger partial charge in [0.1, 0.15) is 0 Å². The Balaban J connectivity index is 2.88. The van der Waals surface area contributed by atoms with Gasteiger partial charge in [0, 0.05) is 18.8 Å². The maximum Gasteiger partial charge on any atom is 0.308 e. The summed E-state index contributed by atoms with van der Waals surface area (Å²) in [5.74, 6) is -1.22. The fourth-order valence-electron chi connectivity index (χ4n) is 1.86. The molecule has 0 amide bonds. The molecule has 1 aromatic rings. The van der Waals surface area contributed by atoms with Crippen molar-refractivity contribution >= 4 is 11.7 Å². The van der Waals surface area contributed by atoms with Crippen LogP contribution in [0.5, 0.6) is 0 Å². The van der Waals surface area contributed by atoms with Gasteiger partial charge in [-0.25, -0.2) is 0 Å². The summed E-state index contributed by atoms with van der Waals surface area (Å²) in [6.07, 6.45) is 2.05. The minimum absolute atomic E-state index is 0.428. The van der Waals surface area contributed by atoms with Gasteiger partial charge in [-0.15, -0.1) is 0 Å². The van der Waals surface area contributed by atoms with Gasteiger partial charge in [0.25, 0.3) is 0 Å². The van der Waals surface area contributed by atoms with Gasteiger partial charge in [0.05, 0.1) is 17.6 Å². The van der Waals surface area contributed by atoms with Gasteiger partial charge in [-0.05, 0) is 24.6 Å². The molecule has 0 aliphatic carbocycles. The highest BCUT2D eigenvalue weighted by molar-refractivity contribution is 5.70. The van der Waals surface area contributed by atoms with Crippen molar-refractivity contribution in [2.24, 2.45) is 5.92 Å². The Morgan fingerprint density at radius 3 is 2.84 bits per heavy atom. The maximum absolute atomic E-state index is 11.0. The van der Waals surface area contributed by atoms with E-state index in [1.165, 1.54) is 0 Å². The number of benzene rings is 1. The summed E-state index contributed by atoms with van der Waals surface area (Å²) in [5, 5.41) is 18.0. The molecule has 0 fully saturated rings. The Kier molecular flexibility index (Phi) is 5.87. The van der Waals surface area contributed by atoms with Crippen LogP contribution in [0.1, 0.15) is 32.3 Å². The molecule has 0 radical (unpaired) electrons. The zero-order chi connectivity index (χ0) is 14.3. The lowest BCUT2D eigenvalue weighted by Crippen LogP contribution is -2.32. The molecule has 4 heteroatoms. The number of hydrogen-bond acceptors (Lipinski definition) is 3. The Bertz CT molecular complexity index is 465. The monoisotopic (exact) mass is 260 g/mol. The number of carboxylic acid groups (broad SMARTS) is 1. The summed E-state index contributed by atoms with van der Waals surface area (Å²) in [5.41, 5.74) is 1.52. The number of hydrogen-bond donors (Lipinski definition) is 1. The van der Waals surface area contributed by atoms with Crippen LogP contribution in [0.15, 0.2) is 24.3 Å². The third-order valence-electron chi connectivity index (χ3n) is 3.04. The average molecular weight is 260 g/mol. The molecule has 1 N–H and O–H groups in total. The molecule has 0 aliphatic rings. The van der Waals surface area contributed by atoms with Gasteiger partial charge in [0.2, 0.25) is 0 Å². The highest BCUT2D eigenvalue weighted by Crippen LogP contribution is 2.18. The Morgan fingerprint density at radius 1 is 1.53 bits per heavy atom. The van der Waals surface area contributed by atoms with Gasteiger partial charge >= 0.3 is 5.97 Å². The highest BCUT2D eigenvalue weighted by atomic mass is 16.4. The second-order valence-corrected chi connectivity index (χ2v) is 4.70. The average Bonchev–Trinajstić information content (AvgIpc) is 2.43. The highest BCUT2D eigenvalue weighted by Gasteiger charge is 2.16. The van der Waals surface area contributed by atoms with Crippen LogP contribution in [-0.4, -0.2) is 24.2 Å². The lowest BCUT2D eigenvalue weighted by atomic mass is 10.1. The van der Waals surface area contributed by atoms with Crippen LogP contribution in [0.4, 0.5) is 5.69 Å². The molecule has 1 rings (SSSR count). The molecular formula is C15H20N2O2. The summed E-state index contributed by atoms with van der Waals surface area (Å²) < 4.78 is 0. The third kappa shape index (κ3) is 4.63. The van der Waals surface area contributed by atoms with Gasteiger partial charge in [0.15, 0.2) is 0 Å². The van der Waals surface area contributed by atoms with Gasteiger partial charge in [-0.2, -0.15) is 5.26 Å². The zero-order valence-electron chi connectivity index (χ0n) is 11.5. The van der Waals surface area contributed by atoms with Crippen LogP contribution < -0.4 is 4.90 Å². The predicted octanol–water partition coefficient (Wildman–Crippen LogP) is 2.89. The fraction of sp³-hybridized carbons (Fsp3) is 0.467. The molecule has 1 atom stereocenters. The minimum Gasteiger partial charge on any atom is -0.481 e. The number of anilines is 1. The van der Waals surface area contributed by atoms with E-state index in [-0.39, 0.29) is 0 Å². The van der Waals surface area contributed by atoms with E-state index in [4.69, 9.17) is 10.4 Å². The van der Waals surface area contributed by atoms with Crippen molar-refractivity contribution in [3.63, 3.8) is 0 Å². The fourth-order valence-corrected chi connectivity index (χ4v) is 1.86. The number of aliphatic carboxylic acids is 1. The number of nitrogens with zero attached hydrogens (tertiary/aromatic N) is 2. The van der Waals surface area contributed by atoms with Crippen LogP contribution in [0.2, 0.25) is 0 Å². The molecule has 0 saturated heterocycles. The Hall–Kier alpha value is -2.02. The summed E-state index contributed by atoms with van der Waals surface area (Å²) in [4.78, 5) is 13.0. The predicted molar refractivity (Wildman–Crippen MR) is 75.1 cm³/mol. The summed E-state index contributed by atoms with van der Waals surface area (Å²) >= 11 is 0. The van der Waals surface area contributed by atoms with E-state index in [0.29, 0.717) is 12.1 Å². The molecule has 1 aromatic carbocycles. The van der Waals surface area contributed by atoms with E-state index in [1.54, 1.807) is 13.0 Å². The molecule has 0 bridgehead atoms. The SMILES string of the molecule is CCCCN(CC(C)C(=O)O)c1cccc(C#N)c1. The summed E-state index contributed by atoms with van der Waals surface area (Å²) in [6.45, 7) is 5.08. The lowest BCUT2D eigenvalue weighted by molar-refractivity contribution is -0.140. The van der Waals surface area contributed by atoms with Crippen molar-refractivity contribution in [1.29, 1.82) is 5.26 Å². The molecule has 1 unspecified atom stereocenters. The molecule has 0 aromatic heterocycles. The van der Waals surface area contributed by atoms with Crippen molar-refractivity contribution in [2.75, 3.05) is 18.0 Å². The molecule has 0 spiro atoms. The minimum atomic E-state index is -0.794. The van der Waals surface area contributed by atoms with Crippen molar-refractivity contribution in [2.45, 2.75) is 26.7 Å². The second-order valence-electron chi connectivity index (χ2n) is 4.70. The first kappa shape index (κ1) is 15.0. The van der Waals surface area contributed by atoms with E-state index >= 15 is 0 Å². The molecule has 0 heterocycles. The molecule has 0 aliphatic heterocycles. The van der Waals surface area contributed by atoms with Crippen molar-refractivity contribution in [3.05, 3.63) is 29.8 Å². The number of rotatable bonds is 7. The van der Waals surface area contributed by atoms with E-state index in [9.17, 15) is 4.79 Å². The van der Waals surface area contributed by atoms with Crippen LogP contribution >= 0.6 is 0 Å². The number of nitriles is 1. The van der Waals surface area contributed by atoms with Crippen LogP contribution in [0.3, 0.4) is 0 Å². The largest absolute Gasteiger partial charge is 0.481 e. The molecular weight excluding hydrogens is 240 g/mol. The van der Waals surface area contributed by atoms with Crippen molar-refractivity contribution in [1.82, 2.24) is 0 Å². The molecule has 19 heavy (non-hydrogen) atoms. The second kappa shape index (κ2) is 7.42. The van der Waals surface area contributed by atoms with E-state index in [2.05, 4.69) is 13.0 Å². The van der Waals surface area contributed by atoms with Gasteiger partial charge < -0.3 is 10.0 Å². The summed E-state index contributed by atoms with van der Waals surface area (Å²) in [6, 6.07) is 9.43. The molecule has 4 nitrogen and oxygen atoms in total. The van der Waals surface area contributed by atoms with Crippen LogP contribution in [-0.2, 0) is 4.79 Å². The van der Waals surface area contributed by atoms with Crippen LogP contribution in [0.25, 0.3) is 0 Å². The first-order valence-electron chi connectivity index (χ1n) is 6.56. The smallest absolute Gasteiger partial charge is 0.308 e. The molecule has 102 valence electrons. The van der Waals surface area contributed by atoms with E-state index < -0.39 is 11.9 Å². The molecule has 0 saturated carbocycles. The first-order valence-corrected chi connectivity index (χ1v) is 6.56.